The van der Waals surface area contributed by atoms with Crippen LogP contribution >= 0.6 is 27.5 Å². The number of nitrogens with one attached hydrogen (secondary N) is 1. The Morgan fingerprint density at radius 2 is 1.89 bits per heavy atom. The maximum Gasteiger partial charge on any atom is 0.269 e. The summed E-state index contributed by atoms with van der Waals surface area (Å²) in [6.07, 6.45) is 0. The van der Waals surface area contributed by atoms with Gasteiger partial charge in [0, 0.05) is 23.2 Å². The Bertz CT molecular complexity index is 602. The fourth-order valence-electron chi connectivity index (χ4n) is 1.57. The van der Waals surface area contributed by atoms with E-state index in [1.54, 1.807) is 18.2 Å². The number of halogens is 2. The SMILES string of the molecule is O=[N+]([O-])c1ccc(CNc2cc(Br)ccc2Cl)cc1. The highest BCUT2D eigenvalue weighted by Gasteiger charge is 2.05. The zero-order valence-electron chi connectivity index (χ0n) is 9.77. The average Bonchev–Trinajstić information content (AvgIpc) is 2.40. The van der Waals surface area contributed by atoms with Crippen LogP contribution in [0, 0.1) is 10.1 Å². The lowest BCUT2D eigenvalue weighted by atomic mass is 10.2. The lowest BCUT2D eigenvalue weighted by Gasteiger charge is -2.08. The molecule has 2 rings (SSSR count). The number of benzene rings is 2. The van der Waals surface area contributed by atoms with Crippen molar-refractivity contribution in [3.05, 3.63) is 67.6 Å². The van der Waals surface area contributed by atoms with E-state index in [1.807, 2.05) is 12.1 Å². The minimum atomic E-state index is -0.414. The number of non-ortho nitro benzene ring substituents is 1. The van der Waals surface area contributed by atoms with Crippen molar-refractivity contribution in [2.45, 2.75) is 6.54 Å². The summed E-state index contributed by atoms with van der Waals surface area (Å²) in [6, 6.07) is 11.9. The first-order valence-electron chi connectivity index (χ1n) is 5.48. The molecule has 98 valence electrons. The van der Waals surface area contributed by atoms with Crippen LogP contribution in [0.1, 0.15) is 5.56 Å². The molecule has 0 spiro atoms. The molecule has 0 heterocycles. The molecule has 0 aliphatic carbocycles. The zero-order chi connectivity index (χ0) is 13.8. The third-order valence-electron chi connectivity index (χ3n) is 2.56. The topological polar surface area (TPSA) is 55.2 Å². The van der Waals surface area contributed by atoms with E-state index in [0.717, 1.165) is 15.7 Å². The van der Waals surface area contributed by atoms with E-state index in [1.165, 1.54) is 12.1 Å². The standard InChI is InChI=1S/C13H10BrClN2O2/c14-10-3-6-12(15)13(7-10)16-8-9-1-4-11(5-2-9)17(18)19/h1-7,16H,8H2. The Balaban J connectivity index is 2.06. The van der Waals surface area contributed by atoms with Gasteiger partial charge < -0.3 is 5.32 Å². The maximum atomic E-state index is 10.5. The van der Waals surface area contributed by atoms with Crippen LogP contribution in [0.5, 0.6) is 0 Å². The first kappa shape index (κ1) is 13.8. The molecule has 0 bridgehead atoms. The lowest BCUT2D eigenvalue weighted by Crippen LogP contribution is -2.00. The molecular formula is C13H10BrClN2O2. The highest BCUT2D eigenvalue weighted by Crippen LogP contribution is 2.26. The first-order chi connectivity index (χ1) is 9.06. The highest BCUT2D eigenvalue weighted by atomic mass is 79.9. The van der Waals surface area contributed by atoms with E-state index in [-0.39, 0.29) is 5.69 Å². The van der Waals surface area contributed by atoms with E-state index in [2.05, 4.69) is 21.2 Å². The van der Waals surface area contributed by atoms with Gasteiger partial charge >= 0.3 is 0 Å². The molecule has 2 aromatic rings. The Morgan fingerprint density at radius 1 is 1.21 bits per heavy atom. The van der Waals surface area contributed by atoms with Crippen LogP contribution in [-0.4, -0.2) is 4.92 Å². The van der Waals surface area contributed by atoms with Crippen LogP contribution in [0.2, 0.25) is 5.02 Å². The number of nitrogens with zero attached hydrogens (tertiary/aromatic N) is 1. The second-order valence-electron chi connectivity index (χ2n) is 3.90. The molecule has 0 unspecified atom stereocenters. The molecule has 1 N–H and O–H groups in total. The van der Waals surface area contributed by atoms with Crippen LogP contribution in [0.4, 0.5) is 11.4 Å². The van der Waals surface area contributed by atoms with E-state index < -0.39 is 4.92 Å². The molecule has 2 aromatic carbocycles. The number of anilines is 1. The Morgan fingerprint density at radius 3 is 2.53 bits per heavy atom. The monoisotopic (exact) mass is 340 g/mol. The third kappa shape index (κ3) is 3.68. The van der Waals surface area contributed by atoms with Gasteiger partial charge in [-0.05, 0) is 23.8 Å². The molecule has 0 aliphatic heterocycles. The fourth-order valence-corrected chi connectivity index (χ4v) is 2.11. The predicted molar refractivity (Wildman–Crippen MR) is 79.6 cm³/mol. The second-order valence-corrected chi connectivity index (χ2v) is 5.22. The normalized spacial score (nSPS) is 10.2. The molecule has 0 fully saturated rings. The van der Waals surface area contributed by atoms with Gasteiger partial charge in [0.15, 0.2) is 0 Å². The summed E-state index contributed by atoms with van der Waals surface area (Å²) >= 11 is 9.43. The van der Waals surface area contributed by atoms with Gasteiger partial charge in [0.1, 0.15) is 0 Å². The average molecular weight is 342 g/mol. The molecular weight excluding hydrogens is 332 g/mol. The highest BCUT2D eigenvalue weighted by molar-refractivity contribution is 9.10. The molecule has 0 aromatic heterocycles. The van der Waals surface area contributed by atoms with Gasteiger partial charge in [-0.25, -0.2) is 0 Å². The molecule has 0 amide bonds. The summed E-state index contributed by atoms with van der Waals surface area (Å²) in [5.41, 5.74) is 1.85. The Kier molecular flexibility index (Phi) is 4.39. The number of rotatable bonds is 4. The smallest absolute Gasteiger partial charge is 0.269 e. The van der Waals surface area contributed by atoms with Crippen LogP contribution in [0.3, 0.4) is 0 Å². The van der Waals surface area contributed by atoms with Crippen molar-refractivity contribution in [2.24, 2.45) is 0 Å². The fraction of sp³-hybridized carbons (Fsp3) is 0.0769. The summed E-state index contributed by atoms with van der Waals surface area (Å²) in [5, 5.41) is 14.4. The summed E-state index contributed by atoms with van der Waals surface area (Å²) in [6.45, 7) is 0.550. The number of hydrogen-bond acceptors (Lipinski definition) is 3. The molecule has 0 saturated heterocycles. The molecule has 19 heavy (non-hydrogen) atoms. The molecule has 0 aliphatic rings. The summed E-state index contributed by atoms with van der Waals surface area (Å²) in [5.74, 6) is 0. The van der Waals surface area contributed by atoms with Crippen LogP contribution < -0.4 is 5.32 Å². The number of hydrogen-bond donors (Lipinski definition) is 1. The van der Waals surface area contributed by atoms with Crippen molar-refractivity contribution < 1.29 is 4.92 Å². The van der Waals surface area contributed by atoms with E-state index >= 15 is 0 Å². The molecule has 0 radical (unpaired) electrons. The van der Waals surface area contributed by atoms with Crippen molar-refractivity contribution in [3.63, 3.8) is 0 Å². The Hall–Kier alpha value is -1.59. The molecule has 4 nitrogen and oxygen atoms in total. The minimum Gasteiger partial charge on any atom is -0.380 e. The summed E-state index contributed by atoms with van der Waals surface area (Å²) in [7, 11) is 0. The predicted octanol–water partition coefficient (Wildman–Crippen LogP) is 4.62. The van der Waals surface area contributed by atoms with E-state index in [0.29, 0.717) is 11.6 Å². The second kappa shape index (κ2) is 6.04. The van der Waals surface area contributed by atoms with Gasteiger partial charge in [-0.3, -0.25) is 10.1 Å². The quantitative estimate of drug-likeness (QED) is 0.652. The third-order valence-corrected chi connectivity index (χ3v) is 3.38. The van der Waals surface area contributed by atoms with Crippen LogP contribution in [-0.2, 0) is 6.54 Å². The van der Waals surface area contributed by atoms with Crippen molar-refractivity contribution in [2.75, 3.05) is 5.32 Å². The van der Waals surface area contributed by atoms with Gasteiger partial charge in [0.2, 0.25) is 0 Å². The summed E-state index contributed by atoms with van der Waals surface area (Å²) < 4.78 is 0.933. The van der Waals surface area contributed by atoms with Crippen molar-refractivity contribution in [3.8, 4) is 0 Å². The van der Waals surface area contributed by atoms with Gasteiger partial charge in [0.05, 0.1) is 15.6 Å². The van der Waals surface area contributed by atoms with Gasteiger partial charge in [-0.2, -0.15) is 0 Å². The first-order valence-corrected chi connectivity index (χ1v) is 6.65. The van der Waals surface area contributed by atoms with Crippen molar-refractivity contribution >= 4 is 38.9 Å². The van der Waals surface area contributed by atoms with Gasteiger partial charge in [-0.15, -0.1) is 0 Å². The molecule has 0 saturated carbocycles. The Labute approximate surface area is 123 Å². The lowest BCUT2D eigenvalue weighted by molar-refractivity contribution is -0.384. The number of nitro groups is 1. The van der Waals surface area contributed by atoms with Gasteiger partial charge in [0.25, 0.3) is 5.69 Å². The number of nitro benzene ring substituents is 1. The maximum absolute atomic E-state index is 10.5. The summed E-state index contributed by atoms with van der Waals surface area (Å²) in [4.78, 5) is 10.1. The largest absolute Gasteiger partial charge is 0.380 e. The van der Waals surface area contributed by atoms with Crippen LogP contribution in [0.15, 0.2) is 46.9 Å². The van der Waals surface area contributed by atoms with E-state index in [9.17, 15) is 10.1 Å². The van der Waals surface area contributed by atoms with Crippen LogP contribution in [0.25, 0.3) is 0 Å². The minimum absolute atomic E-state index is 0.0873. The van der Waals surface area contributed by atoms with Gasteiger partial charge in [-0.1, -0.05) is 39.7 Å². The molecule has 6 heteroatoms. The molecule has 0 atom stereocenters. The zero-order valence-corrected chi connectivity index (χ0v) is 12.1. The van der Waals surface area contributed by atoms with Crippen molar-refractivity contribution in [1.29, 1.82) is 0 Å². The van der Waals surface area contributed by atoms with Crippen molar-refractivity contribution in [1.82, 2.24) is 0 Å². The van der Waals surface area contributed by atoms with E-state index in [4.69, 9.17) is 11.6 Å².